The van der Waals surface area contributed by atoms with E-state index in [2.05, 4.69) is 72.2 Å². The van der Waals surface area contributed by atoms with Crippen molar-refractivity contribution in [3.05, 3.63) is 55.3 Å². The van der Waals surface area contributed by atoms with Crippen molar-refractivity contribution in [2.24, 2.45) is 0 Å². The van der Waals surface area contributed by atoms with Gasteiger partial charge in [-0.15, -0.1) is 0 Å². The van der Waals surface area contributed by atoms with Gasteiger partial charge in [-0.3, -0.25) is 0 Å². The van der Waals surface area contributed by atoms with Gasteiger partial charge in [0.05, 0.1) is 11.0 Å². The molecule has 0 fully saturated rings. The highest BCUT2D eigenvalue weighted by Crippen LogP contribution is 2.27. The van der Waals surface area contributed by atoms with Gasteiger partial charge < -0.3 is 9.73 Å². The molecule has 0 aliphatic carbocycles. The van der Waals surface area contributed by atoms with Crippen LogP contribution in [-0.4, -0.2) is 0 Å². The Labute approximate surface area is 132 Å². The van der Waals surface area contributed by atoms with Gasteiger partial charge in [-0.2, -0.15) is 0 Å². The van der Waals surface area contributed by atoms with Gasteiger partial charge in [0.15, 0.2) is 4.67 Å². The Morgan fingerprint density at radius 2 is 1.83 bits per heavy atom. The zero-order valence-electron chi connectivity index (χ0n) is 9.71. The van der Waals surface area contributed by atoms with Gasteiger partial charge >= 0.3 is 0 Å². The molecule has 0 saturated carbocycles. The van der Waals surface area contributed by atoms with Gasteiger partial charge in [-0.25, -0.2) is 0 Å². The van der Waals surface area contributed by atoms with E-state index in [0.717, 1.165) is 19.4 Å². The minimum absolute atomic E-state index is 0.278. The second-order valence-corrected chi connectivity index (χ2v) is 6.48. The molecular formula is C13H12Br3NO. The van der Waals surface area contributed by atoms with E-state index in [1.807, 2.05) is 18.2 Å². The smallest absolute Gasteiger partial charge is 0.183 e. The Balaban J connectivity index is 1.95. The predicted molar refractivity (Wildman–Crippen MR) is 83.5 cm³/mol. The molecule has 0 spiro atoms. The highest BCUT2D eigenvalue weighted by Gasteiger charge is 2.09. The summed E-state index contributed by atoms with van der Waals surface area (Å²) < 4.78 is 8.29. The van der Waals surface area contributed by atoms with E-state index in [-0.39, 0.29) is 6.04 Å². The number of halogens is 3. The minimum Gasteiger partial charge on any atom is -0.452 e. The quantitative estimate of drug-likeness (QED) is 0.691. The largest absolute Gasteiger partial charge is 0.452 e. The lowest BCUT2D eigenvalue weighted by Gasteiger charge is -2.13. The zero-order valence-corrected chi connectivity index (χ0v) is 14.5. The molecule has 96 valence electrons. The van der Waals surface area contributed by atoms with Crippen LogP contribution in [0.2, 0.25) is 0 Å². The van der Waals surface area contributed by atoms with E-state index < -0.39 is 0 Å². The molecule has 0 aliphatic rings. The first-order valence-electron chi connectivity index (χ1n) is 5.49. The highest BCUT2D eigenvalue weighted by molar-refractivity contribution is 9.13. The van der Waals surface area contributed by atoms with Crippen molar-refractivity contribution in [3.8, 4) is 0 Å². The van der Waals surface area contributed by atoms with Crippen molar-refractivity contribution in [2.75, 3.05) is 0 Å². The fourth-order valence-electron chi connectivity index (χ4n) is 1.60. The summed E-state index contributed by atoms with van der Waals surface area (Å²) in [5.41, 5.74) is 1.25. The van der Waals surface area contributed by atoms with Gasteiger partial charge in [0.2, 0.25) is 0 Å². The lowest BCUT2D eigenvalue weighted by Crippen LogP contribution is -2.17. The van der Waals surface area contributed by atoms with Crippen molar-refractivity contribution < 1.29 is 4.42 Å². The molecule has 0 amide bonds. The van der Waals surface area contributed by atoms with Crippen molar-refractivity contribution in [2.45, 2.75) is 19.5 Å². The summed E-state index contributed by atoms with van der Waals surface area (Å²) in [5, 5.41) is 3.42. The molecule has 2 rings (SSSR count). The molecule has 0 radical (unpaired) electrons. The van der Waals surface area contributed by atoms with Crippen LogP contribution in [0.4, 0.5) is 0 Å². The van der Waals surface area contributed by atoms with E-state index in [1.165, 1.54) is 5.56 Å². The monoisotopic (exact) mass is 435 g/mol. The van der Waals surface area contributed by atoms with E-state index in [9.17, 15) is 0 Å². The summed E-state index contributed by atoms with van der Waals surface area (Å²) in [7, 11) is 0. The summed E-state index contributed by atoms with van der Waals surface area (Å²) in [6.07, 6.45) is 0. The van der Waals surface area contributed by atoms with Crippen LogP contribution in [0.25, 0.3) is 0 Å². The van der Waals surface area contributed by atoms with Gasteiger partial charge in [0, 0.05) is 10.5 Å². The molecule has 1 heterocycles. The van der Waals surface area contributed by atoms with Crippen molar-refractivity contribution in [3.63, 3.8) is 0 Å². The van der Waals surface area contributed by atoms with Crippen molar-refractivity contribution in [1.82, 2.24) is 5.32 Å². The summed E-state index contributed by atoms with van der Waals surface area (Å²) in [5.74, 6) is 0.901. The predicted octanol–water partition coefficient (Wildman–Crippen LogP) is 5.42. The standard InChI is InChI=1S/C13H12Br3NO/c1-8(9-2-4-10(14)5-3-9)17-7-11-6-12(15)13(16)18-11/h2-6,8,17H,7H2,1H3/t8-/m0/s1. The molecule has 0 aliphatic heterocycles. The van der Waals surface area contributed by atoms with Crippen LogP contribution in [0.15, 0.2) is 48.4 Å². The Morgan fingerprint density at radius 1 is 1.17 bits per heavy atom. The molecule has 1 aromatic carbocycles. The van der Waals surface area contributed by atoms with Crippen molar-refractivity contribution in [1.29, 1.82) is 0 Å². The van der Waals surface area contributed by atoms with Crippen LogP contribution in [0.3, 0.4) is 0 Å². The number of nitrogens with one attached hydrogen (secondary N) is 1. The summed E-state index contributed by atoms with van der Waals surface area (Å²) in [6.45, 7) is 2.83. The molecule has 1 aromatic heterocycles. The maximum Gasteiger partial charge on any atom is 0.183 e. The summed E-state index contributed by atoms with van der Waals surface area (Å²) in [6, 6.07) is 10.6. The molecule has 1 N–H and O–H groups in total. The van der Waals surface area contributed by atoms with Gasteiger partial charge in [0.25, 0.3) is 0 Å². The highest BCUT2D eigenvalue weighted by atomic mass is 79.9. The van der Waals surface area contributed by atoms with Crippen LogP contribution in [0.5, 0.6) is 0 Å². The Kier molecular flexibility index (Phi) is 5.06. The number of hydrogen-bond donors (Lipinski definition) is 1. The van der Waals surface area contributed by atoms with E-state index >= 15 is 0 Å². The second kappa shape index (κ2) is 6.37. The first-order valence-corrected chi connectivity index (χ1v) is 7.86. The third kappa shape index (κ3) is 3.70. The Hall–Kier alpha value is -0.100. The lowest BCUT2D eigenvalue weighted by atomic mass is 10.1. The SMILES string of the molecule is C[C@H](NCc1cc(Br)c(Br)o1)c1ccc(Br)cc1. The number of rotatable bonds is 4. The maximum atomic E-state index is 5.52. The molecule has 0 saturated heterocycles. The Bertz CT molecular complexity index is 502. The normalized spacial score (nSPS) is 12.7. The molecule has 18 heavy (non-hydrogen) atoms. The minimum atomic E-state index is 0.278. The maximum absolute atomic E-state index is 5.52. The third-order valence-electron chi connectivity index (χ3n) is 2.65. The van der Waals surface area contributed by atoms with Crippen LogP contribution < -0.4 is 5.32 Å². The van der Waals surface area contributed by atoms with Gasteiger partial charge in [-0.1, -0.05) is 28.1 Å². The van der Waals surface area contributed by atoms with Crippen LogP contribution in [-0.2, 0) is 6.54 Å². The average molecular weight is 438 g/mol. The molecular weight excluding hydrogens is 426 g/mol. The lowest BCUT2D eigenvalue weighted by molar-refractivity contribution is 0.446. The Morgan fingerprint density at radius 3 is 2.39 bits per heavy atom. The first kappa shape index (κ1) is 14.3. The van der Waals surface area contributed by atoms with Crippen LogP contribution in [0, 0.1) is 0 Å². The molecule has 1 atom stereocenters. The topological polar surface area (TPSA) is 25.2 Å². The van der Waals surface area contributed by atoms with Crippen molar-refractivity contribution >= 4 is 47.8 Å². The third-order valence-corrected chi connectivity index (χ3v) is 4.89. The molecule has 0 bridgehead atoms. The van der Waals surface area contributed by atoms with E-state index in [0.29, 0.717) is 6.54 Å². The summed E-state index contributed by atoms with van der Waals surface area (Å²) in [4.78, 5) is 0. The molecule has 2 aromatic rings. The fraction of sp³-hybridized carbons (Fsp3) is 0.231. The number of benzene rings is 1. The van der Waals surface area contributed by atoms with E-state index in [1.54, 1.807) is 0 Å². The van der Waals surface area contributed by atoms with Crippen LogP contribution >= 0.6 is 47.8 Å². The average Bonchev–Trinajstić information content (AvgIpc) is 2.67. The fourth-order valence-corrected chi connectivity index (χ4v) is 2.52. The van der Waals surface area contributed by atoms with E-state index in [4.69, 9.17) is 4.42 Å². The van der Waals surface area contributed by atoms with Gasteiger partial charge in [-0.05, 0) is 62.5 Å². The first-order chi connectivity index (χ1) is 8.56. The summed E-state index contributed by atoms with van der Waals surface area (Å²) >= 11 is 10.2. The molecule has 2 nitrogen and oxygen atoms in total. The number of hydrogen-bond acceptors (Lipinski definition) is 2. The second-order valence-electron chi connectivity index (χ2n) is 3.99. The zero-order chi connectivity index (χ0) is 13.1. The van der Waals surface area contributed by atoms with Crippen LogP contribution in [0.1, 0.15) is 24.3 Å². The molecule has 0 unspecified atom stereocenters. The van der Waals surface area contributed by atoms with Gasteiger partial charge in [0.1, 0.15) is 5.76 Å². The molecule has 5 heteroatoms. The number of furan rings is 1.